The smallest absolute Gasteiger partial charge is 0.410 e. The van der Waals surface area contributed by atoms with Crippen LogP contribution in [0.5, 0.6) is 0 Å². The molecule has 15 heteroatoms. The number of carbonyl (C=O) groups excluding carboxylic acids is 4. The second-order valence-electron chi connectivity index (χ2n) is 17.8. The number of likely N-dealkylation sites (N-methyl/N-ethyl adjacent to an activating group) is 1. The molecule has 3 fully saturated rings. The molecule has 1 N–H and O–H groups in total. The van der Waals surface area contributed by atoms with Gasteiger partial charge in [-0.1, -0.05) is 34.6 Å². The number of pyridine rings is 1. The Labute approximate surface area is 355 Å². The number of aliphatic hydroxyl groups is 1. The second-order valence-corrected chi connectivity index (χ2v) is 17.8. The van der Waals surface area contributed by atoms with E-state index in [0.717, 1.165) is 17.1 Å². The van der Waals surface area contributed by atoms with Gasteiger partial charge in [-0.2, -0.15) is 0 Å². The lowest BCUT2D eigenvalue weighted by atomic mass is 9.72. The van der Waals surface area contributed by atoms with E-state index in [1.807, 2.05) is 78.9 Å². The van der Waals surface area contributed by atoms with E-state index in [-0.39, 0.29) is 37.2 Å². The highest BCUT2D eigenvalue weighted by Crippen LogP contribution is 2.45. The summed E-state index contributed by atoms with van der Waals surface area (Å²) in [5.41, 5.74) is -0.876. The van der Waals surface area contributed by atoms with Gasteiger partial charge in [0.25, 0.3) is 0 Å². The lowest BCUT2D eigenvalue weighted by molar-refractivity contribution is -0.295. The van der Waals surface area contributed by atoms with Crippen LogP contribution in [0.15, 0.2) is 30.7 Å². The quantitative estimate of drug-likeness (QED) is 0.159. The van der Waals surface area contributed by atoms with Crippen LogP contribution in [0.25, 0.3) is 11.3 Å². The van der Waals surface area contributed by atoms with Crippen molar-refractivity contribution in [1.82, 2.24) is 24.3 Å². The molecule has 0 aliphatic carbocycles. The normalized spacial score (nSPS) is 35.9. The fourth-order valence-electron chi connectivity index (χ4n) is 9.95. The molecule has 0 saturated carbocycles. The van der Waals surface area contributed by atoms with Gasteiger partial charge in [-0.05, 0) is 92.4 Å². The van der Waals surface area contributed by atoms with Gasteiger partial charge < -0.3 is 43.2 Å². The first-order chi connectivity index (χ1) is 28.3. The molecule has 3 aliphatic heterocycles. The summed E-state index contributed by atoms with van der Waals surface area (Å²) >= 11 is 0. The highest BCUT2D eigenvalue weighted by atomic mass is 16.7. The van der Waals surface area contributed by atoms with Gasteiger partial charge in [-0.25, -0.2) is 9.78 Å². The fraction of sp³-hybridized carbons (Fsp3) is 0.733. The molecule has 2 aromatic rings. The molecular weight excluding hydrogens is 771 g/mol. The summed E-state index contributed by atoms with van der Waals surface area (Å²) < 4.78 is 33.6. The summed E-state index contributed by atoms with van der Waals surface area (Å²) in [7, 11) is 5.25. The van der Waals surface area contributed by atoms with Crippen LogP contribution in [0, 0.1) is 30.6 Å². The number of aryl methyl sites for hydroxylation is 2. The number of aliphatic hydroxyl groups excluding tert-OH is 1. The van der Waals surface area contributed by atoms with Crippen molar-refractivity contribution in [3.63, 3.8) is 0 Å². The highest BCUT2D eigenvalue weighted by Gasteiger charge is 2.62. The van der Waals surface area contributed by atoms with Crippen LogP contribution in [0.2, 0.25) is 0 Å². The van der Waals surface area contributed by atoms with Crippen LogP contribution >= 0.6 is 0 Å². The molecule has 0 radical (unpaired) electrons. The number of fused-ring (bicyclic) bond motifs is 1. The highest BCUT2D eigenvalue weighted by molar-refractivity contribution is 6.00. The number of unbranched alkanes of at least 4 members (excludes halogenated alkanes) is 1. The summed E-state index contributed by atoms with van der Waals surface area (Å²) in [6.45, 7) is 17.1. The van der Waals surface area contributed by atoms with Crippen LogP contribution in [-0.4, -0.2) is 135 Å². The number of hydrogen-bond donors (Lipinski definition) is 1. The van der Waals surface area contributed by atoms with E-state index in [1.165, 1.54) is 14.0 Å². The molecule has 1 unspecified atom stereocenters. The summed E-state index contributed by atoms with van der Waals surface area (Å²) in [6, 6.07) is 2.78. The van der Waals surface area contributed by atoms with Gasteiger partial charge in [0.2, 0.25) is 0 Å². The van der Waals surface area contributed by atoms with E-state index in [2.05, 4.69) is 9.55 Å². The number of esters is 1. The van der Waals surface area contributed by atoms with Crippen LogP contribution in [0.4, 0.5) is 4.79 Å². The Hall–Kier alpha value is -3.76. The van der Waals surface area contributed by atoms with Crippen LogP contribution in [-0.2, 0) is 44.6 Å². The number of methoxy groups -OCH3 is 1. The predicted octanol–water partition coefficient (Wildman–Crippen LogP) is 5.63. The number of hydrogen-bond acceptors (Lipinski definition) is 13. The Kier molecular flexibility index (Phi) is 15.4. The maximum absolute atomic E-state index is 14.9. The molecule has 334 valence electrons. The van der Waals surface area contributed by atoms with Gasteiger partial charge in [-0.15, -0.1) is 0 Å². The number of amides is 1. The summed E-state index contributed by atoms with van der Waals surface area (Å²) in [5, 5.41) is 11.5. The van der Waals surface area contributed by atoms with E-state index < -0.39 is 83.4 Å². The maximum Gasteiger partial charge on any atom is 0.410 e. The second kappa shape index (κ2) is 19.5. The molecule has 15 nitrogen and oxygen atoms in total. The standard InChI is InChI=1S/C45H69N5O10/c1-13-35-45(14-2)39(50(43(55)60-45)21-16-15-20-49-25-33(47-31(49)8)32-18-17-19-46-24-32)28(5)36(51)26(3)23-44(9,56-12)40(29(6)37(52)30(7)41(54)58-35)59-42-38(53)34(48(10)11)22-27(4)57-42/h17-19,24-30,34-35,38-40,42,53H,13-16,20-23H2,1-12H3/t26-,27-,28+,29+,30-,34+,35-,38-,39-,40-,42?,44+,45-/m1/s1. The SMILES string of the molecule is CC[C@H]1OC(=O)[C@H](C)C(=O)[C@H](C)[C@@H](OC2O[C@H](C)C[C@H](N(C)C)[C@H]2O)[C@@](C)(OC)C[C@@H](C)C(=O)[C@H](C)[C@H]2N(CCCCn3cc(-c4cccnc4)nc3C)C(=O)O[C@]12CC. The lowest BCUT2D eigenvalue weighted by Crippen LogP contribution is -2.61. The minimum Gasteiger partial charge on any atom is -0.457 e. The van der Waals surface area contributed by atoms with E-state index in [9.17, 15) is 24.3 Å². The minimum absolute atomic E-state index is 0.131. The fourth-order valence-corrected chi connectivity index (χ4v) is 9.95. The van der Waals surface area contributed by atoms with Gasteiger partial charge in [0.15, 0.2) is 17.7 Å². The average molecular weight is 840 g/mol. The van der Waals surface area contributed by atoms with Crippen LogP contribution < -0.4 is 0 Å². The Morgan fingerprint density at radius 3 is 2.33 bits per heavy atom. The number of carbonyl (C=O) groups is 4. The third kappa shape index (κ3) is 9.50. The van der Waals surface area contributed by atoms with E-state index in [4.69, 9.17) is 28.7 Å². The lowest BCUT2D eigenvalue weighted by Gasteiger charge is -2.47. The van der Waals surface area contributed by atoms with E-state index in [1.54, 1.807) is 31.1 Å². The van der Waals surface area contributed by atoms with Gasteiger partial charge >= 0.3 is 12.1 Å². The molecule has 3 saturated heterocycles. The van der Waals surface area contributed by atoms with Crippen molar-refractivity contribution in [2.45, 2.75) is 161 Å². The zero-order valence-electron chi connectivity index (χ0n) is 37.8. The number of cyclic esters (lactones) is 1. The van der Waals surface area contributed by atoms with Gasteiger partial charge in [0.1, 0.15) is 29.7 Å². The predicted molar refractivity (Wildman–Crippen MR) is 224 cm³/mol. The third-order valence-electron chi connectivity index (χ3n) is 13.5. The third-order valence-corrected chi connectivity index (χ3v) is 13.5. The first-order valence-corrected chi connectivity index (χ1v) is 21.8. The molecule has 13 atom stereocenters. The summed E-state index contributed by atoms with van der Waals surface area (Å²) in [6.07, 6.45) is 3.06. The Morgan fingerprint density at radius 1 is 1.02 bits per heavy atom. The van der Waals surface area contributed by atoms with Crippen LogP contribution in [0.1, 0.15) is 99.7 Å². The first kappa shape index (κ1) is 47.3. The number of imidazole rings is 1. The maximum atomic E-state index is 14.9. The summed E-state index contributed by atoms with van der Waals surface area (Å²) in [5.74, 6) is -4.06. The average Bonchev–Trinajstić information content (AvgIpc) is 3.75. The molecule has 2 aromatic heterocycles. The van der Waals surface area contributed by atoms with Crippen molar-refractivity contribution in [2.75, 3.05) is 27.7 Å². The zero-order chi connectivity index (χ0) is 44.3. The monoisotopic (exact) mass is 840 g/mol. The van der Waals surface area contributed by atoms with Crippen molar-refractivity contribution in [3.8, 4) is 11.3 Å². The molecule has 60 heavy (non-hydrogen) atoms. The molecule has 5 rings (SSSR count). The van der Waals surface area contributed by atoms with E-state index in [0.29, 0.717) is 32.4 Å². The molecule has 5 heterocycles. The van der Waals surface area contributed by atoms with Crippen molar-refractivity contribution in [3.05, 3.63) is 36.5 Å². The molecule has 1 amide bonds. The Bertz CT molecular complexity index is 1810. The van der Waals surface area contributed by atoms with Gasteiger partial charge in [0, 0.05) is 68.1 Å². The topological polar surface area (TPSA) is 172 Å². The zero-order valence-corrected chi connectivity index (χ0v) is 37.8. The molecule has 3 aliphatic rings. The molecular formula is C45H69N5O10. The summed E-state index contributed by atoms with van der Waals surface area (Å²) in [4.78, 5) is 69.9. The number of Topliss-reactive ketones (excluding diaryl/α,β-unsaturated/α-hetero) is 2. The first-order valence-electron chi connectivity index (χ1n) is 21.8. The minimum atomic E-state index is -1.36. The van der Waals surface area contributed by atoms with Crippen molar-refractivity contribution in [2.24, 2.45) is 23.7 Å². The van der Waals surface area contributed by atoms with Crippen molar-refractivity contribution >= 4 is 23.6 Å². The van der Waals surface area contributed by atoms with E-state index >= 15 is 0 Å². The number of ketones is 2. The van der Waals surface area contributed by atoms with Crippen LogP contribution in [0.3, 0.4) is 0 Å². The molecule has 0 aromatic carbocycles. The largest absolute Gasteiger partial charge is 0.457 e. The van der Waals surface area contributed by atoms with Gasteiger partial charge in [0.05, 0.1) is 29.5 Å². The van der Waals surface area contributed by atoms with Crippen molar-refractivity contribution < 1.29 is 48.0 Å². The number of nitrogens with zero attached hydrogens (tertiary/aromatic N) is 5. The Balaban J connectivity index is 1.46. The van der Waals surface area contributed by atoms with Crippen molar-refractivity contribution in [1.29, 1.82) is 0 Å². The molecule has 0 bridgehead atoms. The number of rotatable bonds is 12. The molecule has 0 spiro atoms. The van der Waals surface area contributed by atoms with Gasteiger partial charge in [-0.3, -0.25) is 19.4 Å². The number of aromatic nitrogens is 3. The number of ether oxygens (including phenoxy) is 5. The Morgan fingerprint density at radius 2 is 1.72 bits per heavy atom.